The first kappa shape index (κ1) is 21.7. The molecule has 4 aromatic heterocycles. The molecular formula is C28H19ClN6O2. The van der Waals surface area contributed by atoms with Crippen molar-refractivity contribution in [3.63, 3.8) is 0 Å². The lowest BCUT2D eigenvalue weighted by molar-refractivity contribution is 0.0936. The fourth-order valence-corrected chi connectivity index (χ4v) is 5.19. The first-order valence-corrected chi connectivity index (χ1v) is 12.0. The Morgan fingerprint density at radius 1 is 0.973 bits per heavy atom. The van der Waals surface area contributed by atoms with E-state index in [1.54, 1.807) is 21.6 Å². The second-order valence-corrected chi connectivity index (χ2v) is 9.43. The smallest absolute Gasteiger partial charge is 0.189 e. The number of fused-ring (bicyclic) bond motifs is 4. The average molecular weight is 507 g/mol. The number of rotatable bonds is 4. The van der Waals surface area contributed by atoms with Crippen LogP contribution in [0.25, 0.3) is 38.6 Å². The number of furan rings is 1. The summed E-state index contributed by atoms with van der Waals surface area (Å²) in [5.41, 5.74) is 3.43. The Kier molecular flexibility index (Phi) is 4.69. The fourth-order valence-electron chi connectivity index (χ4n) is 5.00. The lowest BCUT2D eigenvalue weighted by Gasteiger charge is -2.27. The van der Waals surface area contributed by atoms with Crippen molar-refractivity contribution in [2.24, 2.45) is 7.05 Å². The molecule has 0 aliphatic heterocycles. The van der Waals surface area contributed by atoms with Crippen LogP contribution in [-0.2, 0) is 12.6 Å². The molecule has 1 atom stereocenters. The van der Waals surface area contributed by atoms with Gasteiger partial charge in [0.15, 0.2) is 11.2 Å². The summed E-state index contributed by atoms with van der Waals surface area (Å²) in [5, 5.41) is 27.1. The molecule has 4 heterocycles. The van der Waals surface area contributed by atoms with Crippen LogP contribution in [0.3, 0.4) is 0 Å². The standard InChI is InChI=1S/C28H19ClN6O2/c1-34-16-30-15-25(34)28(36,26-12-18-5-2-3-8-24(18)37-26)19-9-10-23-22(13-19)21(14-27-31-32-33-35(23)27)17-6-4-7-20(29)11-17/h2-16,36H,1H3. The fraction of sp³-hybridized carbons (Fsp3) is 0.0714. The van der Waals surface area contributed by atoms with Gasteiger partial charge in [-0.1, -0.05) is 48.0 Å². The van der Waals surface area contributed by atoms with E-state index in [1.807, 2.05) is 85.9 Å². The third kappa shape index (κ3) is 3.27. The van der Waals surface area contributed by atoms with Crippen LogP contribution >= 0.6 is 11.6 Å². The zero-order chi connectivity index (χ0) is 25.1. The summed E-state index contributed by atoms with van der Waals surface area (Å²) in [6.45, 7) is 0. The molecule has 0 fully saturated rings. The molecule has 0 amide bonds. The number of tetrazole rings is 1. The normalized spacial score (nSPS) is 13.5. The van der Waals surface area contributed by atoms with Crippen molar-refractivity contribution < 1.29 is 9.52 Å². The Morgan fingerprint density at radius 2 is 1.86 bits per heavy atom. The van der Waals surface area contributed by atoms with Crippen molar-refractivity contribution in [3.8, 4) is 11.1 Å². The maximum absolute atomic E-state index is 12.5. The third-order valence-electron chi connectivity index (χ3n) is 6.80. The highest BCUT2D eigenvalue weighted by Crippen LogP contribution is 2.41. The number of imidazole rings is 1. The van der Waals surface area contributed by atoms with E-state index in [0.29, 0.717) is 33.3 Å². The van der Waals surface area contributed by atoms with Gasteiger partial charge in [-0.3, -0.25) is 0 Å². The van der Waals surface area contributed by atoms with Crippen LogP contribution < -0.4 is 0 Å². The molecule has 7 aromatic rings. The monoisotopic (exact) mass is 506 g/mol. The highest BCUT2D eigenvalue weighted by Gasteiger charge is 2.40. The van der Waals surface area contributed by atoms with Crippen LogP contribution in [0.2, 0.25) is 5.02 Å². The zero-order valence-electron chi connectivity index (χ0n) is 19.6. The summed E-state index contributed by atoms with van der Waals surface area (Å²) in [4.78, 5) is 4.28. The topological polar surface area (TPSA) is 94.3 Å². The van der Waals surface area contributed by atoms with Crippen LogP contribution in [0.1, 0.15) is 17.0 Å². The van der Waals surface area contributed by atoms with Gasteiger partial charge in [-0.05, 0) is 69.6 Å². The maximum atomic E-state index is 12.5. The number of pyridine rings is 1. The van der Waals surface area contributed by atoms with Gasteiger partial charge < -0.3 is 14.1 Å². The highest BCUT2D eigenvalue weighted by molar-refractivity contribution is 6.30. The van der Waals surface area contributed by atoms with Crippen LogP contribution in [0, 0.1) is 0 Å². The molecule has 37 heavy (non-hydrogen) atoms. The maximum Gasteiger partial charge on any atom is 0.189 e. The largest absolute Gasteiger partial charge is 0.457 e. The Hall–Kier alpha value is -4.53. The average Bonchev–Trinajstić information content (AvgIpc) is 3.67. The zero-order valence-corrected chi connectivity index (χ0v) is 20.3. The highest BCUT2D eigenvalue weighted by atomic mass is 35.5. The molecule has 0 spiro atoms. The van der Waals surface area contributed by atoms with Gasteiger partial charge in [0.2, 0.25) is 0 Å². The predicted octanol–water partition coefficient (Wildman–Crippen LogP) is 5.36. The second-order valence-electron chi connectivity index (χ2n) is 9.00. The minimum atomic E-state index is -1.63. The van der Waals surface area contributed by atoms with E-state index in [0.717, 1.165) is 27.4 Å². The quantitative estimate of drug-likeness (QED) is 0.345. The van der Waals surface area contributed by atoms with Crippen LogP contribution in [0.4, 0.5) is 0 Å². The number of benzene rings is 3. The van der Waals surface area contributed by atoms with Gasteiger partial charge in [0.25, 0.3) is 0 Å². The number of halogens is 1. The predicted molar refractivity (Wildman–Crippen MR) is 140 cm³/mol. The number of hydrogen-bond donors (Lipinski definition) is 1. The third-order valence-corrected chi connectivity index (χ3v) is 7.04. The van der Waals surface area contributed by atoms with Gasteiger partial charge in [0, 0.05) is 22.8 Å². The minimum absolute atomic E-state index is 0.393. The molecule has 1 unspecified atom stereocenters. The summed E-state index contributed by atoms with van der Waals surface area (Å²) < 4.78 is 9.69. The molecule has 180 valence electrons. The SMILES string of the molecule is Cn1cncc1C(O)(c1ccc2c(c1)c(-c1cccc(Cl)c1)cc1nnnn12)c1cc2ccccc2o1. The van der Waals surface area contributed by atoms with Gasteiger partial charge in [-0.15, -0.1) is 5.10 Å². The Morgan fingerprint density at radius 3 is 2.68 bits per heavy atom. The number of aromatic nitrogens is 6. The van der Waals surface area contributed by atoms with E-state index in [4.69, 9.17) is 16.0 Å². The van der Waals surface area contributed by atoms with E-state index in [2.05, 4.69) is 20.5 Å². The molecule has 0 aliphatic carbocycles. The molecule has 1 N–H and O–H groups in total. The summed E-state index contributed by atoms with van der Waals surface area (Å²) in [5.74, 6) is 0.393. The Bertz CT molecular complexity index is 1920. The van der Waals surface area contributed by atoms with Crippen LogP contribution in [0.5, 0.6) is 0 Å². The van der Waals surface area contributed by atoms with Crippen molar-refractivity contribution in [2.45, 2.75) is 5.60 Å². The molecule has 0 saturated heterocycles. The molecule has 0 aliphatic rings. The first-order valence-electron chi connectivity index (χ1n) is 11.6. The van der Waals surface area contributed by atoms with Crippen molar-refractivity contribution in [1.82, 2.24) is 29.6 Å². The molecule has 3 aromatic carbocycles. The molecule has 0 radical (unpaired) electrons. The summed E-state index contributed by atoms with van der Waals surface area (Å²) >= 11 is 6.34. The lowest BCUT2D eigenvalue weighted by Crippen LogP contribution is -2.30. The Labute approximate surface area is 215 Å². The number of para-hydroxylation sites is 1. The molecule has 0 bridgehead atoms. The van der Waals surface area contributed by atoms with E-state index < -0.39 is 5.60 Å². The van der Waals surface area contributed by atoms with Gasteiger partial charge in [0.1, 0.15) is 11.3 Å². The van der Waals surface area contributed by atoms with Crippen molar-refractivity contribution in [2.75, 3.05) is 0 Å². The lowest BCUT2D eigenvalue weighted by atomic mass is 9.86. The van der Waals surface area contributed by atoms with Gasteiger partial charge in [-0.2, -0.15) is 4.52 Å². The van der Waals surface area contributed by atoms with E-state index >= 15 is 0 Å². The first-order chi connectivity index (χ1) is 18.0. The number of aliphatic hydroxyl groups is 1. The summed E-state index contributed by atoms with van der Waals surface area (Å²) in [7, 11) is 1.85. The summed E-state index contributed by atoms with van der Waals surface area (Å²) in [6, 6.07) is 24.8. The van der Waals surface area contributed by atoms with Crippen LogP contribution in [0.15, 0.2) is 95.8 Å². The molecule has 7 rings (SSSR count). The molecule has 9 heteroatoms. The minimum Gasteiger partial charge on any atom is -0.457 e. The van der Waals surface area contributed by atoms with E-state index in [9.17, 15) is 5.11 Å². The van der Waals surface area contributed by atoms with Crippen molar-refractivity contribution in [3.05, 3.63) is 113 Å². The van der Waals surface area contributed by atoms with Crippen LogP contribution in [-0.4, -0.2) is 34.7 Å². The van der Waals surface area contributed by atoms with E-state index in [1.165, 1.54) is 0 Å². The van der Waals surface area contributed by atoms with Crippen molar-refractivity contribution >= 4 is 39.1 Å². The Balaban J connectivity index is 1.55. The molecule has 0 saturated carbocycles. The van der Waals surface area contributed by atoms with Gasteiger partial charge >= 0.3 is 0 Å². The van der Waals surface area contributed by atoms with Crippen molar-refractivity contribution in [1.29, 1.82) is 0 Å². The van der Waals surface area contributed by atoms with Gasteiger partial charge in [-0.25, -0.2) is 4.98 Å². The molecule has 8 nitrogen and oxygen atoms in total. The number of hydrogen-bond acceptors (Lipinski definition) is 6. The summed E-state index contributed by atoms with van der Waals surface area (Å²) in [6.07, 6.45) is 3.31. The number of aryl methyl sites for hydroxylation is 1. The van der Waals surface area contributed by atoms with Gasteiger partial charge in [0.05, 0.1) is 23.7 Å². The van der Waals surface area contributed by atoms with E-state index in [-0.39, 0.29) is 0 Å². The molecular weight excluding hydrogens is 488 g/mol. The number of nitrogens with zero attached hydrogens (tertiary/aromatic N) is 6. The second kappa shape index (κ2) is 7.99.